The molecule has 1 aliphatic rings. The molecule has 0 saturated heterocycles. The predicted molar refractivity (Wildman–Crippen MR) is 121 cm³/mol. The largest absolute Gasteiger partial charge is 0.382 e. The number of halogens is 1. The fraction of sp³-hybridized carbons (Fsp3) is 0.261. The maximum atomic E-state index is 13.1. The first kappa shape index (κ1) is 22.5. The molecule has 1 heterocycles. The van der Waals surface area contributed by atoms with Gasteiger partial charge in [0.25, 0.3) is 11.8 Å². The van der Waals surface area contributed by atoms with E-state index >= 15 is 0 Å². The summed E-state index contributed by atoms with van der Waals surface area (Å²) in [4.78, 5) is 38.7. The summed E-state index contributed by atoms with van der Waals surface area (Å²) in [5, 5.41) is 6.32. The highest BCUT2D eigenvalue weighted by atomic mass is 35.5. The zero-order valence-corrected chi connectivity index (χ0v) is 18.2. The van der Waals surface area contributed by atoms with E-state index in [-0.39, 0.29) is 24.1 Å². The summed E-state index contributed by atoms with van der Waals surface area (Å²) in [5.74, 6) is -0.925. The van der Waals surface area contributed by atoms with Crippen LogP contribution in [0, 0.1) is 0 Å². The molecule has 0 fully saturated rings. The van der Waals surface area contributed by atoms with Crippen molar-refractivity contribution in [3.63, 3.8) is 0 Å². The van der Waals surface area contributed by atoms with Gasteiger partial charge in [-0.2, -0.15) is 0 Å². The first-order chi connectivity index (χ1) is 14.9. The number of hydrogen-bond donors (Lipinski definition) is 2. The predicted octanol–water partition coefficient (Wildman–Crippen LogP) is 3.92. The van der Waals surface area contributed by atoms with Gasteiger partial charge < -0.3 is 15.4 Å². The number of amides is 3. The molecule has 8 heteroatoms. The van der Waals surface area contributed by atoms with Crippen LogP contribution in [0.2, 0.25) is 5.02 Å². The number of nitrogens with zero attached hydrogens (tertiary/aromatic N) is 1. The fourth-order valence-electron chi connectivity index (χ4n) is 3.23. The Labute approximate surface area is 186 Å². The van der Waals surface area contributed by atoms with E-state index in [9.17, 15) is 14.4 Å². The van der Waals surface area contributed by atoms with E-state index in [1.165, 1.54) is 11.8 Å². The Kier molecular flexibility index (Phi) is 7.44. The molecule has 2 aromatic carbocycles. The normalized spacial score (nSPS) is 13.7. The maximum absolute atomic E-state index is 13.1. The quantitative estimate of drug-likeness (QED) is 0.455. The summed E-state index contributed by atoms with van der Waals surface area (Å²) in [6, 6.07) is 13.7. The van der Waals surface area contributed by atoms with E-state index in [1.54, 1.807) is 48.5 Å². The molecule has 0 saturated carbocycles. The van der Waals surface area contributed by atoms with Gasteiger partial charge in [0, 0.05) is 43.1 Å². The molecule has 0 spiro atoms. The summed E-state index contributed by atoms with van der Waals surface area (Å²) < 4.78 is 5.33. The molecule has 0 radical (unpaired) electrons. The molecule has 2 aromatic rings. The standard InChI is InChI=1S/C23H24ClN3O4/c1-3-31-14-4-13-27-22(29)20(16-5-7-17(24)8-6-16)21(23(27)30)26-19-11-9-18(10-12-19)25-15(2)28/h5-12,26H,3-4,13-14H2,1-2H3,(H,25,28). The minimum atomic E-state index is -0.391. The third-order valence-corrected chi connectivity index (χ3v) is 4.90. The number of carbonyl (C=O) groups is 3. The lowest BCUT2D eigenvalue weighted by molar-refractivity contribution is -0.137. The third-order valence-electron chi connectivity index (χ3n) is 4.65. The zero-order chi connectivity index (χ0) is 22.4. The van der Waals surface area contributed by atoms with E-state index in [0.29, 0.717) is 47.2 Å². The molecular weight excluding hydrogens is 418 g/mol. The number of carbonyl (C=O) groups excluding carboxylic acids is 3. The Morgan fingerprint density at radius 1 is 1.00 bits per heavy atom. The smallest absolute Gasteiger partial charge is 0.278 e. The molecule has 1 aliphatic heterocycles. The van der Waals surface area contributed by atoms with Crippen LogP contribution in [0.5, 0.6) is 0 Å². The van der Waals surface area contributed by atoms with Gasteiger partial charge in [0.1, 0.15) is 5.70 Å². The zero-order valence-electron chi connectivity index (χ0n) is 17.4. The van der Waals surface area contributed by atoms with Crippen LogP contribution in [0.3, 0.4) is 0 Å². The molecule has 0 bridgehead atoms. The molecule has 0 aromatic heterocycles. The first-order valence-corrected chi connectivity index (χ1v) is 10.4. The molecule has 3 rings (SSSR count). The van der Waals surface area contributed by atoms with E-state index in [4.69, 9.17) is 16.3 Å². The van der Waals surface area contributed by atoms with Gasteiger partial charge in [-0.15, -0.1) is 0 Å². The number of hydrogen-bond acceptors (Lipinski definition) is 5. The van der Waals surface area contributed by atoms with Crippen molar-refractivity contribution in [3.8, 4) is 0 Å². The molecule has 3 amide bonds. The number of rotatable bonds is 9. The van der Waals surface area contributed by atoms with Crippen molar-refractivity contribution in [2.75, 3.05) is 30.4 Å². The summed E-state index contributed by atoms with van der Waals surface area (Å²) in [7, 11) is 0. The van der Waals surface area contributed by atoms with Crippen molar-refractivity contribution in [2.45, 2.75) is 20.3 Å². The lowest BCUT2D eigenvalue weighted by Gasteiger charge is -2.15. The highest BCUT2D eigenvalue weighted by molar-refractivity contribution is 6.36. The minimum Gasteiger partial charge on any atom is -0.382 e. The second-order valence-corrected chi connectivity index (χ2v) is 7.39. The molecule has 0 aliphatic carbocycles. The second-order valence-electron chi connectivity index (χ2n) is 6.95. The Morgan fingerprint density at radius 2 is 1.65 bits per heavy atom. The van der Waals surface area contributed by atoms with Crippen molar-refractivity contribution in [1.29, 1.82) is 0 Å². The molecule has 2 N–H and O–H groups in total. The molecule has 0 atom stereocenters. The van der Waals surface area contributed by atoms with Crippen molar-refractivity contribution in [2.24, 2.45) is 0 Å². The Morgan fingerprint density at radius 3 is 2.26 bits per heavy atom. The van der Waals surface area contributed by atoms with Crippen LogP contribution in [0.1, 0.15) is 25.8 Å². The van der Waals surface area contributed by atoms with Gasteiger partial charge >= 0.3 is 0 Å². The van der Waals surface area contributed by atoms with Gasteiger partial charge in [-0.25, -0.2) is 0 Å². The van der Waals surface area contributed by atoms with E-state index in [2.05, 4.69) is 10.6 Å². The van der Waals surface area contributed by atoms with Gasteiger partial charge in [0.05, 0.1) is 5.57 Å². The van der Waals surface area contributed by atoms with Crippen molar-refractivity contribution >= 4 is 46.3 Å². The highest BCUT2D eigenvalue weighted by Crippen LogP contribution is 2.31. The highest BCUT2D eigenvalue weighted by Gasteiger charge is 2.38. The van der Waals surface area contributed by atoms with Crippen molar-refractivity contribution in [3.05, 3.63) is 64.8 Å². The summed E-state index contributed by atoms with van der Waals surface area (Å²) in [6.07, 6.45) is 0.553. The number of nitrogens with one attached hydrogen (secondary N) is 2. The van der Waals surface area contributed by atoms with Gasteiger partial charge in [-0.1, -0.05) is 23.7 Å². The molecule has 162 valence electrons. The van der Waals surface area contributed by atoms with E-state index < -0.39 is 5.91 Å². The Bertz CT molecular complexity index is 1000. The average molecular weight is 442 g/mol. The van der Waals surface area contributed by atoms with E-state index in [0.717, 1.165) is 0 Å². The summed E-state index contributed by atoms with van der Waals surface area (Å²) in [5.41, 5.74) is 2.36. The number of ether oxygens (including phenoxy) is 1. The first-order valence-electron chi connectivity index (χ1n) is 9.99. The molecule has 7 nitrogen and oxygen atoms in total. The lowest BCUT2D eigenvalue weighted by atomic mass is 10.0. The Balaban J connectivity index is 1.89. The number of anilines is 2. The monoisotopic (exact) mass is 441 g/mol. The Hall–Kier alpha value is -3.16. The second kappa shape index (κ2) is 10.2. The lowest BCUT2D eigenvalue weighted by Crippen LogP contribution is -2.34. The molecular formula is C23H24ClN3O4. The SMILES string of the molecule is CCOCCCN1C(=O)C(Nc2ccc(NC(C)=O)cc2)=C(c2ccc(Cl)cc2)C1=O. The molecule has 31 heavy (non-hydrogen) atoms. The topological polar surface area (TPSA) is 87.7 Å². The van der Waals surface area contributed by atoms with Crippen LogP contribution in [0.25, 0.3) is 5.57 Å². The number of benzene rings is 2. The maximum Gasteiger partial charge on any atom is 0.278 e. The van der Waals surface area contributed by atoms with Crippen molar-refractivity contribution in [1.82, 2.24) is 4.90 Å². The number of imide groups is 1. The third kappa shape index (κ3) is 5.51. The molecule has 0 unspecified atom stereocenters. The summed E-state index contributed by atoms with van der Waals surface area (Å²) >= 11 is 5.99. The van der Waals surface area contributed by atoms with E-state index in [1.807, 2.05) is 6.92 Å². The summed E-state index contributed by atoms with van der Waals surface area (Å²) in [6.45, 7) is 4.64. The van der Waals surface area contributed by atoms with Gasteiger partial charge in [0.2, 0.25) is 5.91 Å². The van der Waals surface area contributed by atoms with Gasteiger partial charge in [-0.3, -0.25) is 19.3 Å². The van der Waals surface area contributed by atoms with Crippen LogP contribution in [-0.2, 0) is 19.1 Å². The van der Waals surface area contributed by atoms with Gasteiger partial charge in [0.15, 0.2) is 0 Å². The van der Waals surface area contributed by atoms with Crippen LogP contribution < -0.4 is 10.6 Å². The van der Waals surface area contributed by atoms with Crippen LogP contribution in [0.15, 0.2) is 54.2 Å². The van der Waals surface area contributed by atoms with Crippen LogP contribution >= 0.6 is 11.6 Å². The van der Waals surface area contributed by atoms with Crippen molar-refractivity contribution < 1.29 is 19.1 Å². The van der Waals surface area contributed by atoms with Crippen LogP contribution in [0.4, 0.5) is 11.4 Å². The minimum absolute atomic E-state index is 0.173. The fourth-order valence-corrected chi connectivity index (χ4v) is 3.36. The average Bonchev–Trinajstić information content (AvgIpc) is 2.97. The van der Waals surface area contributed by atoms with Gasteiger partial charge in [-0.05, 0) is 55.3 Å². The van der Waals surface area contributed by atoms with Crippen LogP contribution in [-0.4, -0.2) is 42.4 Å².